The third-order valence-corrected chi connectivity index (χ3v) is 5.22. The predicted octanol–water partition coefficient (Wildman–Crippen LogP) is 4.46. The Morgan fingerprint density at radius 3 is 2.36 bits per heavy atom. The number of hydrogen-bond acceptors (Lipinski definition) is 3. The fourth-order valence-corrected chi connectivity index (χ4v) is 3.36. The number of likely N-dealkylation sites (tertiary alicyclic amines) is 1. The Hall–Kier alpha value is -2.82. The lowest BCUT2D eigenvalue weighted by molar-refractivity contribution is -0.127. The van der Waals surface area contributed by atoms with E-state index in [4.69, 9.17) is 4.42 Å². The third-order valence-electron chi connectivity index (χ3n) is 5.22. The summed E-state index contributed by atoms with van der Waals surface area (Å²) in [5.74, 6) is 0.0903. The molecular weight excluding hydrogens is 352 g/mol. The van der Waals surface area contributed by atoms with Crippen LogP contribution in [0.2, 0.25) is 0 Å². The molecule has 0 atom stereocenters. The number of aryl methyl sites for hydroxylation is 2. The molecule has 1 saturated heterocycles. The summed E-state index contributed by atoms with van der Waals surface area (Å²) < 4.78 is 5.37. The van der Waals surface area contributed by atoms with Gasteiger partial charge in [-0.15, -0.1) is 0 Å². The van der Waals surface area contributed by atoms with E-state index in [0.717, 1.165) is 36.8 Å². The lowest BCUT2D eigenvalue weighted by atomic mass is 10.1. The molecule has 0 spiro atoms. The third kappa shape index (κ3) is 5.12. The van der Waals surface area contributed by atoms with Crippen LogP contribution < -0.4 is 5.32 Å². The van der Waals surface area contributed by atoms with Gasteiger partial charge in [0, 0.05) is 24.7 Å². The number of furan rings is 1. The van der Waals surface area contributed by atoms with Gasteiger partial charge in [-0.1, -0.05) is 25.3 Å². The molecule has 2 amide bonds. The molecular formula is C23H28N2O3. The number of rotatable bonds is 4. The zero-order valence-electron chi connectivity index (χ0n) is 16.7. The zero-order valence-corrected chi connectivity index (χ0v) is 16.7. The molecule has 0 aliphatic carbocycles. The highest BCUT2D eigenvalue weighted by molar-refractivity contribution is 6.05. The summed E-state index contributed by atoms with van der Waals surface area (Å²) in [6.07, 6.45) is 8.64. The second-order valence-electron chi connectivity index (χ2n) is 7.39. The highest BCUT2D eigenvalue weighted by Crippen LogP contribution is 2.16. The molecule has 1 aromatic carbocycles. The Labute approximate surface area is 166 Å². The van der Waals surface area contributed by atoms with E-state index in [1.807, 2.05) is 30.9 Å². The van der Waals surface area contributed by atoms with Crippen molar-refractivity contribution in [3.63, 3.8) is 0 Å². The van der Waals surface area contributed by atoms with Gasteiger partial charge in [-0.2, -0.15) is 0 Å². The fourth-order valence-electron chi connectivity index (χ4n) is 3.36. The van der Waals surface area contributed by atoms with Crippen molar-refractivity contribution in [2.45, 2.75) is 46.0 Å². The first-order valence-electron chi connectivity index (χ1n) is 9.97. The van der Waals surface area contributed by atoms with Crippen molar-refractivity contribution in [2.75, 3.05) is 13.1 Å². The molecule has 0 bridgehead atoms. The lowest BCUT2D eigenvalue weighted by Crippen LogP contribution is -2.40. The van der Waals surface area contributed by atoms with Crippen LogP contribution in [0.4, 0.5) is 0 Å². The van der Waals surface area contributed by atoms with Crippen LogP contribution in [0.15, 0.2) is 46.7 Å². The lowest BCUT2D eigenvalue weighted by Gasteiger charge is -2.26. The second kappa shape index (κ2) is 9.40. The molecule has 1 N–H and O–H groups in total. The van der Waals surface area contributed by atoms with Crippen LogP contribution in [0.3, 0.4) is 0 Å². The van der Waals surface area contributed by atoms with E-state index in [-0.39, 0.29) is 17.5 Å². The number of carbonyl (C=O) groups is 2. The van der Waals surface area contributed by atoms with Crippen molar-refractivity contribution in [2.24, 2.45) is 0 Å². The van der Waals surface area contributed by atoms with Crippen molar-refractivity contribution in [3.8, 4) is 0 Å². The van der Waals surface area contributed by atoms with Gasteiger partial charge in [0.05, 0.1) is 6.26 Å². The van der Waals surface area contributed by atoms with E-state index < -0.39 is 0 Å². The molecule has 5 nitrogen and oxygen atoms in total. The van der Waals surface area contributed by atoms with E-state index in [1.165, 1.54) is 6.42 Å². The minimum absolute atomic E-state index is 0.157. The first-order chi connectivity index (χ1) is 13.5. The van der Waals surface area contributed by atoms with Crippen molar-refractivity contribution in [3.05, 3.63) is 64.7 Å². The van der Waals surface area contributed by atoms with Crippen LogP contribution in [0.1, 0.15) is 59.3 Å². The Kier molecular flexibility index (Phi) is 6.69. The molecule has 148 valence electrons. The number of benzene rings is 1. The van der Waals surface area contributed by atoms with Gasteiger partial charge in [0.2, 0.25) is 0 Å². The second-order valence-corrected chi connectivity index (χ2v) is 7.39. The minimum Gasteiger partial charge on any atom is -0.465 e. The first-order valence-corrected chi connectivity index (χ1v) is 9.97. The summed E-state index contributed by atoms with van der Waals surface area (Å²) in [6.45, 7) is 5.41. The van der Waals surface area contributed by atoms with E-state index in [1.54, 1.807) is 30.5 Å². The Morgan fingerprint density at radius 1 is 1.00 bits per heavy atom. The molecule has 0 radical (unpaired) electrons. The summed E-state index contributed by atoms with van der Waals surface area (Å²) >= 11 is 0. The molecule has 1 aliphatic rings. The van der Waals surface area contributed by atoms with Crippen LogP contribution in [0, 0.1) is 13.8 Å². The standard InChI is InChI=1S/C23H28N2O3/c1-17-10-11-19(15-18(17)2)22(26)24-21(16-20-9-8-14-28-20)23(27)25-12-6-4-3-5-7-13-25/h8-11,14-16H,3-7,12-13H2,1-2H3,(H,24,26)/b21-16+. The number of hydrogen-bond donors (Lipinski definition) is 1. The van der Waals surface area contributed by atoms with Crippen LogP contribution in [-0.2, 0) is 4.79 Å². The SMILES string of the molecule is Cc1ccc(C(=O)N/C(=C/c2ccco2)C(=O)N2CCCCCCC2)cc1C. The molecule has 1 aliphatic heterocycles. The summed E-state index contributed by atoms with van der Waals surface area (Å²) in [4.78, 5) is 27.8. The molecule has 0 saturated carbocycles. The molecule has 1 fully saturated rings. The minimum atomic E-state index is -0.290. The summed E-state index contributed by atoms with van der Waals surface area (Å²) in [5, 5.41) is 2.82. The topological polar surface area (TPSA) is 62.6 Å². The monoisotopic (exact) mass is 380 g/mol. The molecule has 28 heavy (non-hydrogen) atoms. The number of carbonyl (C=O) groups excluding carboxylic acids is 2. The zero-order chi connectivity index (χ0) is 19.9. The summed E-state index contributed by atoms with van der Waals surface area (Å²) in [6, 6.07) is 9.07. The van der Waals surface area contributed by atoms with Gasteiger partial charge in [-0.3, -0.25) is 9.59 Å². The fraction of sp³-hybridized carbons (Fsp3) is 0.391. The largest absolute Gasteiger partial charge is 0.465 e. The highest BCUT2D eigenvalue weighted by Gasteiger charge is 2.22. The van der Waals surface area contributed by atoms with E-state index in [2.05, 4.69) is 5.32 Å². The molecule has 0 unspecified atom stereocenters. The highest BCUT2D eigenvalue weighted by atomic mass is 16.3. The maximum absolute atomic E-state index is 13.2. The van der Waals surface area contributed by atoms with Gasteiger partial charge in [0.1, 0.15) is 11.5 Å². The van der Waals surface area contributed by atoms with E-state index in [9.17, 15) is 9.59 Å². The van der Waals surface area contributed by atoms with Crippen LogP contribution in [0.5, 0.6) is 0 Å². The van der Waals surface area contributed by atoms with Crippen molar-refractivity contribution >= 4 is 17.9 Å². The summed E-state index contributed by atoms with van der Waals surface area (Å²) in [7, 11) is 0. The Morgan fingerprint density at radius 2 is 1.71 bits per heavy atom. The van der Waals surface area contributed by atoms with Gasteiger partial charge in [0.25, 0.3) is 11.8 Å². The first kappa shape index (κ1) is 19.9. The number of nitrogens with zero attached hydrogens (tertiary/aromatic N) is 1. The van der Waals surface area contributed by atoms with Crippen LogP contribution in [0.25, 0.3) is 6.08 Å². The molecule has 5 heteroatoms. The normalized spacial score (nSPS) is 15.6. The van der Waals surface area contributed by atoms with Crippen LogP contribution >= 0.6 is 0 Å². The average Bonchev–Trinajstić information content (AvgIpc) is 3.16. The molecule has 1 aromatic heterocycles. The Bertz CT molecular complexity index is 845. The van der Waals surface area contributed by atoms with Gasteiger partial charge >= 0.3 is 0 Å². The quantitative estimate of drug-likeness (QED) is 0.797. The average molecular weight is 380 g/mol. The molecule has 3 rings (SSSR count). The van der Waals surface area contributed by atoms with Crippen molar-refractivity contribution < 1.29 is 14.0 Å². The Balaban J connectivity index is 1.83. The smallest absolute Gasteiger partial charge is 0.270 e. The maximum Gasteiger partial charge on any atom is 0.270 e. The predicted molar refractivity (Wildman–Crippen MR) is 110 cm³/mol. The van der Waals surface area contributed by atoms with Gasteiger partial charge in [0.15, 0.2) is 0 Å². The maximum atomic E-state index is 13.2. The van der Waals surface area contributed by atoms with Crippen LogP contribution in [-0.4, -0.2) is 29.8 Å². The number of nitrogens with one attached hydrogen (secondary N) is 1. The van der Waals surface area contributed by atoms with Gasteiger partial charge in [-0.05, 0) is 62.1 Å². The van der Waals surface area contributed by atoms with Crippen molar-refractivity contribution in [1.29, 1.82) is 0 Å². The number of amides is 2. The van der Waals surface area contributed by atoms with E-state index in [0.29, 0.717) is 24.4 Å². The molecule has 2 heterocycles. The van der Waals surface area contributed by atoms with Gasteiger partial charge < -0.3 is 14.6 Å². The van der Waals surface area contributed by atoms with E-state index >= 15 is 0 Å². The summed E-state index contributed by atoms with van der Waals surface area (Å²) in [5.41, 5.74) is 2.95. The van der Waals surface area contributed by atoms with Gasteiger partial charge in [-0.25, -0.2) is 0 Å². The van der Waals surface area contributed by atoms with Crippen molar-refractivity contribution in [1.82, 2.24) is 10.2 Å². The molecule has 2 aromatic rings.